The number of carbonyl (C=O) groups excluding carboxylic acids is 1. The summed E-state index contributed by atoms with van der Waals surface area (Å²) in [6, 6.07) is 19.1. The SMILES string of the molecule is O=C(Cc1c(F)cccc1F)N[C@@H](Cc1ccc(-c2ccccc2)cc1)C(=O)O. The van der Waals surface area contributed by atoms with Crippen molar-refractivity contribution in [2.45, 2.75) is 18.9 Å². The Balaban J connectivity index is 1.67. The molecule has 0 heterocycles. The van der Waals surface area contributed by atoms with Crippen molar-refractivity contribution in [3.63, 3.8) is 0 Å². The van der Waals surface area contributed by atoms with Crippen LogP contribution in [0.2, 0.25) is 0 Å². The fourth-order valence-corrected chi connectivity index (χ4v) is 3.01. The minimum atomic E-state index is -1.22. The number of rotatable bonds is 7. The van der Waals surface area contributed by atoms with Gasteiger partial charge in [0.25, 0.3) is 0 Å². The van der Waals surface area contributed by atoms with Crippen molar-refractivity contribution >= 4 is 11.9 Å². The standard InChI is InChI=1S/C23H19F2NO3/c24-19-7-4-8-20(25)18(19)14-22(27)26-21(23(28)29)13-15-9-11-17(12-10-15)16-5-2-1-3-6-16/h1-12,21H,13-14H2,(H,26,27)(H,28,29)/t21-/m0/s1. The van der Waals surface area contributed by atoms with Crippen LogP contribution in [-0.2, 0) is 22.4 Å². The number of halogens is 2. The van der Waals surface area contributed by atoms with Gasteiger partial charge in [-0.1, -0.05) is 60.7 Å². The summed E-state index contributed by atoms with van der Waals surface area (Å²) < 4.78 is 27.4. The molecule has 0 bridgehead atoms. The van der Waals surface area contributed by atoms with Gasteiger partial charge in [-0.05, 0) is 28.8 Å². The minimum Gasteiger partial charge on any atom is -0.480 e. The topological polar surface area (TPSA) is 66.4 Å². The number of carboxylic acid groups (broad SMARTS) is 1. The Hall–Kier alpha value is -3.54. The molecule has 29 heavy (non-hydrogen) atoms. The van der Waals surface area contributed by atoms with Crippen LogP contribution in [0.15, 0.2) is 72.8 Å². The molecule has 0 saturated heterocycles. The molecule has 0 saturated carbocycles. The summed E-state index contributed by atoms with van der Waals surface area (Å²) in [5.74, 6) is -3.67. The fraction of sp³-hybridized carbons (Fsp3) is 0.130. The predicted molar refractivity (Wildman–Crippen MR) is 105 cm³/mol. The molecule has 3 aromatic rings. The molecule has 148 valence electrons. The molecule has 2 N–H and O–H groups in total. The number of hydrogen-bond donors (Lipinski definition) is 2. The van der Waals surface area contributed by atoms with Crippen LogP contribution in [0.4, 0.5) is 8.78 Å². The van der Waals surface area contributed by atoms with Gasteiger partial charge in [0.15, 0.2) is 0 Å². The molecule has 6 heteroatoms. The fourth-order valence-electron chi connectivity index (χ4n) is 3.01. The lowest BCUT2D eigenvalue weighted by Gasteiger charge is -2.15. The first-order chi connectivity index (χ1) is 13.9. The third kappa shape index (κ3) is 5.25. The van der Waals surface area contributed by atoms with Crippen LogP contribution in [-0.4, -0.2) is 23.0 Å². The van der Waals surface area contributed by atoms with Crippen molar-refractivity contribution < 1.29 is 23.5 Å². The third-order valence-electron chi connectivity index (χ3n) is 4.53. The lowest BCUT2D eigenvalue weighted by molar-refractivity contribution is -0.141. The highest BCUT2D eigenvalue weighted by Gasteiger charge is 2.22. The molecular weight excluding hydrogens is 376 g/mol. The minimum absolute atomic E-state index is 0.0515. The lowest BCUT2D eigenvalue weighted by Crippen LogP contribution is -2.43. The van der Waals surface area contributed by atoms with Gasteiger partial charge < -0.3 is 10.4 Å². The van der Waals surface area contributed by atoms with Crippen molar-refractivity contribution in [1.82, 2.24) is 5.32 Å². The molecule has 0 aromatic heterocycles. The monoisotopic (exact) mass is 395 g/mol. The number of aliphatic carboxylic acids is 1. The van der Waals surface area contributed by atoms with E-state index in [1.54, 1.807) is 12.1 Å². The van der Waals surface area contributed by atoms with Crippen LogP contribution in [0.3, 0.4) is 0 Å². The normalized spacial score (nSPS) is 11.7. The first kappa shape index (κ1) is 20.2. The van der Waals surface area contributed by atoms with Crippen LogP contribution in [0, 0.1) is 11.6 Å². The molecule has 0 fully saturated rings. The van der Waals surface area contributed by atoms with Crippen molar-refractivity contribution in [2.75, 3.05) is 0 Å². The van der Waals surface area contributed by atoms with Crippen molar-refractivity contribution in [2.24, 2.45) is 0 Å². The highest BCUT2D eigenvalue weighted by molar-refractivity contribution is 5.85. The van der Waals surface area contributed by atoms with Gasteiger partial charge in [-0.15, -0.1) is 0 Å². The molecule has 0 aliphatic heterocycles. The second-order valence-corrected chi connectivity index (χ2v) is 6.60. The summed E-state index contributed by atoms with van der Waals surface area (Å²) >= 11 is 0. The lowest BCUT2D eigenvalue weighted by atomic mass is 10.0. The van der Waals surface area contributed by atoms with Crippen molar-refractivity contribution in [3.8, 4) is 11.1 Å². The zero-order chi connectivity index (χ0) is 20.8. The Morgan fingerprint density at radius 3 is 2.00 bits per heavy atom. The van der Waals surface area contributed by atoms with Crippen LogP contribution >= 0.6 is 0 Å². The number of benzene rings is 3. The first-order valence-corrected chi connectivity index (χ1v) is 9.03. The molecule has 3 aromatic carbocycles. The Kier molecular flexibility index (Phi) is 6.34. The van der Waals surface area contributed by atoms with Crippen LogP contribution < -0.4 is 5.32 Å². The van der Waals surface area contributed by atoms with E-state index in [0.717, 1.165) is 28.8 Å². The molecule has 1 atom stereocenters. The number of carboxylic acids is 1. The highest BCUT2D eigenvalue weighted by Crippen LogP contribution is 2.20. The summed E-state index contributed by atoms with van der Waals surface area (Å²) in [6.45, 7) is 0. The molecular formula is C23H19F2NO3. The number of carbonyl (C=O) groups is 2. The summed E-state index contributed by atoms with van der Waals surface area (Å²) in [4.78, 5) is 23.7. The zero-order valence-corrected chi connectivity index (χ0v) is 15.4. The molecule has 0 unspecified atom stereocenters. The molecule has 0 aliphatic rings. The number of hydrogen-bond acceptors (Lipinski definition) is 2. The second-order valence-electron chi connectivity index (χ2n) is 6.60. The summed E-state index contributed by atoms with van der Waals surface area (Å²) in [7, 11) is 0. The zero-order valence-electron chi connectivity index (χ0n) is 15.4. The van der Waals surface area contributed by atoms with E-state index in [-0.39, 0.29) is 12.0 Å². The highest BCUT2D eigenvalue weighted by atomic mass is 19.1. The van der Waals surface area contributed by atoms with E-state index in [4.69, 9.17) is 0 Å². The van der Waals surface area contributed by atoms with E-state index in [9.17, 15) is 23.5 Å². The Morgan fingerprint density at radius 1 is 0.828 bits per heavy atom. The number of nitrogens with one attached hydrogen (secondary N) is 1. The largest absolute Gasteiger partial charge is 0.480 e. The second kappa shape index (κ2) is 9.10. The Morgan fingerprint density at radius 2 is 1.41 bits per heavy atom. The van der Waals surface area contributed by atoms with Crippen molar-refractivity contribution in [1.29, 1.82) is 0 Å². The van der Waals surface area contributed by atoms with Gasteiger partial charge in [0.1, 0.15) is 17.7 Å². The number of amides is 1. The molecule has 4 nitrogen and oxygen atoms in total. The average molecular weight is 395 g/mol. The van der Waals surface area contributed by atoms with E-state index in [0.29, 0.717) is 0 Å². The molecule has 0 radical (unpaired) electrons. The summed E-state index contributed by atoms with van der Waals surface area (Å²) in [5.41, 5.74) is 2.35. The Labute approximate surface area is 166 Å². The Bertz CT molecular complexity index is 984. The molecule has 3 rings (SSSR count). The van der Waals surface area contributed by atoms with Gasteiger partial charge in [0.2, 0.25) is 5.91 Å². The summed E-state index contributed by atoms with van der Waals surface area (Å²) in [5, 5.41) is 11.8. The molecule has 0 spiro atoms. The van der Waals surface area contributed by atoms with E-state index in [1.165, 1.54) is 6.07 Å². The maximum Gasteiger partial charge on any atom is 0.326 e. The smallest absolute Gasteiger partial charge is 0.326 e. The quantitative estimate of drug-likeness (QED) is 0.636. The summed E-state index contributed by atoms with van der Waals surface area (Å²) in [6.07, 6.45) is -0.523. The van der Waals surface area contributed by atoms with Crippen LogP contribution in [0.25, 0.3) is 11.1 Å². The van der Waals surface area contributed by atoms with E-state index in [2.05, 4.69) is 5.32 Å². The maximum absolute atomic E-state index is 13.7. The third-order valence-corrected chi connectivity index (χ3v) is 4.53. The molecule has 1 amide bonds. The molecule has 0 aliphatic carbocycles. The first-order valence-electron chi connectivity index (χ1n) is 9.03. The van der Waals surface area contributed by atoms with Gasteiger partial charge in [0, 0.05) is 12.0 Å². The van der Waals surface area contributed by atoms with Gasteiger partial charge >= 0.3 is 5.97 Å². The van der Waals surface area contributed by atoms with Gasteiger partial charge in [-0.25, -0.2) is 13.6 Å². The van der Waals surface area contributed by atoms with Gasteiger partial charge in [-0.2, -0.15) is 0 Å². The van der Waals surface area contributed by atoms with E-state index < -0.39 is 36.0 Å². The maximum atomic E-state index is 13.7. The average Bonchev–Trinajstić information content (AvgIpc) is 2.71. The van der Waals surface area contributed by atoms with E-state index >= 15 is 0 Å². The van der Waals surface area contributed by atoms with Gasteiger partial charge in [-0.3, -0.25) is 4.79 Å². The van der Waals surface area contributed by atoms with Crippen LogP contribution in [0.5, 0.6) is 0 Å². The van der Waals surface area contributed by atoms with Gasteiger partial charge in [0.05, 0.1) is 6.42 Å². The van der Waals surface area contributed by atoms with E-state index in [1.807, 2.05) is 42.5 Å². The van der Waals surface area contributed by atoms with Crippen LogP contribution in [0.1, 0.15) is 11.1 Å². The van der Waals surface area contributed by atoms with Crippen molar-refractivity contribution in [3.05, 3.63) is 95.6 Å². The predicted octanol–water partition coefficient (Wildman–Crippen LogP) is 3.99.